The van der Waals surface area contributed by atoms with E-state index >= 15 is 0 Å². The number of hydrogen-bond acceptors (Lipinski definition) is 3. The summed E-state index contributed by atoms with van der Waals surface area (Å²) in [5.41, 5.74) is 0.0230. The van der Waals surface area contributed by atoms with Crippen LogP contribution in [0.5, 0.6) is 5.88 Å². The van der Waals surface area contributed by atoms with Gasteiger partial charge >= 0.3 is 0 Å². The first kappa shape index (κ1) is 10.4. The van der Waals surface area contributed by atoms with E-state index in [9.17, 15) is 14.3 Å². The van der Waals surface area contributed by atoms with E-state index in [4.69, 9.17) is 0 Å². The summed E-state index contributed by atoms with van der Waals surface area (Å²) in [6, 6.07) is 5.26. The van der Waals surface area contributed by atoms with E-state index in [0.29, 0.717) is 11.4 Å². The Labute approximate surface area is 90.4 Å². The van der Waals surface area contributed by atoms with Crippen molar-refractivity contribution in [3.8, 4) is 17.0 Å². The first-order valence-corrected chi connectivity index (χ1v) is 4.64. The number of benzene rings is 1. The van der Waals surface area contributed by atoms with Crippen molar-refractivity contribution >= 4 is 0 Å². The third kappa shape index (κ3) is 1.79. The number of aromatic hydroxyl groups is 1. The first-order valence-electron chi connectivity index (χ1n) is 4.64. The molecule has 0 saturated carbocycles. The van der Waals surface area contributed by atoms with Gasteiger partial charge in [-0.1, -0.05) is 12.1 Å². The molecule has 0 aliphatic carbocycles. The molecule has 1 aromatic heterocycles. The van der Waals surface area contributed by atoms with Gasteiger partial charge in [-0.2, -0.15) is 0 Å². The van der Waals surface area contributed by atoms with Crippen molar-refractivity contribution in [3.05, 3.63) is 46.3 Å². The van der Waals surface area contributed by atoms with Crippen LogP contribution in [-0.2, 0) is 0 Å². The average Bonchev–Trinajstić information content (AvgIpc) is 2.19. The molecule has 0 saturated heterocycles. The molecule has 1 heterocycles. The molecule has 0 aliphatic rings. The lowest BCUT2D eigenvalue weighted by molar-refractivity contribution is 0.451. The average molecular weight is 220 g/mol. The molecule has 82 valence electrons. The molecular weight excluding hydrogens is 211 g/mol. The van der Waals surface area contributed by atoms with E-state index < -0.39 is 11.4 Å². The van der Waals surface area contributed by atoms with E-state index in [1.54, 1.807) is 6.92 Å². The Morgan fingerprint density at radius 3 is 2.50 bits per heavy atom. The summed E-state index contributed by atoms with van der Waals surface area (Å²) in [7, 11) is 0. The zero-order chi connectivity index (χ0) is 11.7. The number of hydrogen-bond donors (Lipinski definition) is 2. The van der Waals surface area contributed by atoms with E-state index in [1.165, 1.54) is 24.3 Å². The quantitative estimate of drug-likeness (QED) is 0.766. The molecule has 0 fully saturated rings. The Balaban J connectivity index is 2.65. The van der Waals surface area contributed by atoms with Gasteiger partial charge in [-0.05, 0) is 24.6 Å². The molecule has 2 rings (SSSR count). The third-order valence-electron chi connectivity index (χ3n) is 2.15. The second-order valence-corrected chi connectivity index (χ2v) is 3.36. The van der Waals surface area contributed by atoms with Crippen LogP contribution < -0.4 is 5.56 Å². The monoisotopic (exact) mass is 220 g/mol. The fraction of sp³-hybridized carbons (Fsp3) is 0.0909. The van der Waals surface area contributed by atoms with Crippen molar-refractivity contribution in [3.63, 3.8) is 0 Å². The van der Waals surface area contributed by atoms with E-state index in [2.05, 4.69) is 9.97 Å². The highest BCUT2D eigenvalue weighted by molar-refractivity contribution is 5.66. The highest BCUT2D eigenvalue weighted by Gasteiger charge is 2.11. The standard InChI is InChI=1S/C11H9FN2O2/c1-6-13-10(15)9(11(16)14-6)7-2-4-8(12)5-3-7/h2-5H,1H3,(H2,13,14,15,16). The zero-order valence-corrected chi connectivity index (χ0v) is 8.49. The minimum atomic E-state index is -0.448. The summed E-state index contributed by atoms with van der Waals surface area (Å²) >= 11 is 0. The van der Waals surface area contributed by atoms with Crippen molar-refractivity contribution < 1.29 is 9.50 Å². The largest absolute Gasteiger partial charge is 0.493 e. The number of aromatic amines is 1. The van der Waals surface area contributed by atoms with Crippen LogP contribution in [0.2, 0.25) is 0 Å². The van der Waals surface area contributed by atoms with Gasteiger partial charge in [0.15, 0.2) is 0 Å². The van der Waals surface area contributed by atoms with Crippen LogP contribution in [0.15, 0.2) is 29.1 Å². The molecule has 0 spiro atoms. The van der Waals surface area contributed by atoms with Gasteiger partial charge in [0.2, 0.25) is 5.88 Å². The minimum Gasteiger partial charge on any atom is -0.493 e. The highest BCUT2D eigenvalue weighted by atomic mass is 19.1. The Bertz CT molecular complexity index is 576. The molecule has 2 aromatic rings. The van der Waals surface area contributed by atoms with Crippen LogP contribution >= 0.6 is 0 Å². The van der Waals surface area contributed by atoms with Crippen LogP contribution in [0.1, 0.15) is 5.82 Å². The molecule has 0 bridgehead atoms. The molecule has 0 aliphatic heterocycles. The number of aromatic nitrogens is 2. The zero-order valence-electron chi connectivity index (χ0n) is 8.49. The first-order chi connectivity index (χ1) is 7.58. The van der Waals surface area contributed by atoms with Crippen LogP contribution in [-0.4, -0.2) is 15.1 Å². The molecular formula is C11H9FN2O2. The molecule has 5 heteroatoms. The number of nitrogens with zero attached hydrogens (tertiary/aromatic N) is 1. The van der Waals surface area contributed by atoms with Crippen molar-refractivity contribution in [1.29, 1.82) is 0 Å². The van der Waals surface area contributed by atoms with Crippen molar-refractivity contribution in [2.75, 3.05) is 0 Å². The minimum absolute atomic E-state index is 0.0469. The van der Waals surface area contributed by atoms with Gasteiger partial charge in [-0.15, -0.1) is 0 Å². The Morgan fingerprint density at radius 2 is 1.94 bits per heavy atom. The molecule has 0 atom stereocenters. The second-order valence-electron chi connectivity index (χ2n) is 3.36. The predicted octanol–water partition coefficient (Wildman–Crippen LogP) is 1.59. The lowest BCUT2D eigenvalue weighted by Gasteiger charge is -2.03. The van der Waals surface area contributed by atoms with Gasteiger partial charge in [0.25, 0.3) is 5.56 Å². The summed E-state index contributed by atoms with van der Waals surface area (Å²) < 4.78 is 12.7. The Hall–Kier alpha value is -2.17. The number of aryl methyl sites for hydroxylation is 1. The summed E-state index contributed by atoms with van der Waals surface area (Å²) in [6.07, 6.45) is 0. The van der Waals surface area contributed by atoms with Gasteiger partial charge in [0.05, 0.1) is 0 Å². The smallest absolute Gasteiger partial charge is 0.262 e. The van der Waals surface area contributed by atoms with Gasteiger partial charge in [-0.25, -0.2) is 9.37 Å². The summed E-state index contributed by atoms with van der Waals surface area (Å²) in [5, 5.41) is 9.57. The lowest BCUT2D eigenvalue weighted by Crippen LogP contribution is -2.12. The van der Waals surface area contributed by atoms with Crippen molar-refractivity contribution in [2.24, 2.45) is 0 Å². The van der Waals surface area contributed by atoms with Crippen molar-refractivity contribution in [2.45, 2.75) is 6.92 Å². The van der Waals surface area contributed by atoms with Gasteiger partial charge in [0.1, 0.15) is 17.2 Å². The maximum absolute atomic E-state index is 12.7. The molecule has 0 unspecified atom stereocenters. The van der Waals surface area contributed by atoms with Gasteiger partial charge in [0, 0.05) is 0 Å². The fourth-order valence-electron chi connectivity index (χ4n) is 1.45. The molecule has 0 radical (unpaired) electrons. The fourth-order valence-corrected chi connectivity index (χ4v) is 1.45. The number of rotatable bonds is 1. The predicted molar refractivity (Wildman–Crippen MR) is 56.7 cm³/mol. The SMILES string of the molecule is Cc1nc(O)c(-c2ccc(F)cc2)c(=O)[nH]1. The second kappa shape index (κ2) is 3.77. The van der Waals surface area contributed by atoms with E-state index in [0.717, 1.165) is 0 Å². The topological polar surface area (TPSA) is 66.0 Å². The van der Waals surface area contributed by atoms with Crippen LogP contribution in [0.4, 0.5) is 4.39 Å². The number of halogens is 1. The Morgan fingerprint density at radius 1 is 1.31 bits per heavy atom. The number of H-pyrrole nitrogens is 1. The number of nitrogens with one attached hydrogen (secondary N) is 1. The van der Waals surface area contributed by atoms with E-state index in [-0.39, 0.29) is 11.4 Å². The highest BCUT2D eigenvalue weighted by Crippen LogP contribution is 2.22. The maximum Gasteiger partial charge on any atom is 0.262 e. The van der Waals surface area contributed by atoms with Crippen LogP contribution in [0.3, 0.4) is 0 Å². The molecule has 0 amide bonds. The maximum atomic E-state index is 12.7. The Kier molecular flexibility index (Phi) is 2.44. The molecule has 16 heavy (non-hydrogen) atoms. The summed E-state index contributed by atoms with van der Waals surface area (Å²) in [5.74, 6) is -0.430. The van der Waals surface area contributed by atoms with Crippen molar-refractivity contribution in [1.82, 2.24) is 9.97 Å². The molecule has 4 nitrogen and oxygen atoms in total. The molecule has 1 aromatic carbocycles. The molecule has 2 N–H and O–H groups in total. The normalized spacial score (nSPS) is 10.4. The van der Waals surface area contributed by atoms with Crippen LogP contribution in [0, 0.1) is 12.7 Å². The van der Waals surface area contributed by atoms with Gasteiger partial charge < -0.3 is 10.1 Å². The lowest BCUT2D eigenvalue weighted by atomic mass is 10.1. The van der Waals surface area contributed by atoms with Gasteiger partial charge in [-0.3, -0.25) is 4.79 Å². The third-order valence-corrected chi connectivity index (χ3v) is 2.15. The summed E-state index contributed by atoms with van der Waals surface area (Å²) in [4.78, 5) is 17.8. The van der Waals surface area contributed by atoms with E-state index in [1.807, 2.05) is 0 Å². The summed E-state index contributed by atoms with van der Waals surface area (Å²) in [6.45, 7) is 1.57. The van der Waals surface area contributed by atoms with Crippen LogP contribution in [0.25, 0.3) is 11.1 Å².